The average molecular weight is 449 g/mol. The van der Waals surface area contributed by atoms with Crippen molar-refractivity contribution in [2.45, 2.75) is 13.0 Å². The Labute approximate surface area is 190 Å². The lowest BCUT2D eigenvalue weighted by Gasteiger charge is -2.16. The van der Waals surface area contributed by atoms with Gasteiger partial charge in [-0.25, -0.2) is 4.79 Å². The average Bonchev–Trinajstić information content (AvgIpc) is 3.29. The molecule has 0 spiro atoms. The molecule has 1 unspecified atom stereocenters. The Hall–Kier alpha value is -3.84. The van der Waals surface area contributed by atoms with Crippen molar-refractivity contribution >= 4 is 23.3 Å². The van der Waals surface area contributed by atoms with Gasteiger partial charge in [-0.05, 0) is 48.9 Å². The molecule has 1 atom stereocenters. The maximum Gasteiger partial charge on any atom is 0.320 e. The standard InChI is InChI=1S/C24H21ClN4O3/c1-2-31-18-14-12-17(13-15-18)26-24(30)27-21(16-8-4-3-5-9-16)23-29-28-22(32-23)19-10-6-7-11-20(19)25/h3-15,21H,2H2,1H3,(H2,26,27,30). The molecule has 4 aromatic rings. The molecule has 1 heterocycles. The summed E-state index contributed by atoms with van der Waals surface area (Å²) in [6, 6.07) is 22.7. The van der Waals surface area contributed by atoms with Crippen LogP contribution >= 0.6 is 11.6 Å². The number of aromatic nitrogens is 2. The first kappa shape index (κ1) is 21.4. The summed E-state index contributed by atoms with van der Waals surface area (Å²) in [4.78, 5) is 12.7. The third-order valence-corrected chi connectivity index (χ3v) is 4.95. The first-order valence-electron chi connectivity index (χ1n) is 10.1. The molecule has 32 heavy (non-hydrogen) atoms. The fourth-order valence-corrected chi connectivity index (χ4v) is 3.34. The Kier molecular flexibility index (Phi) is 6.67. The molecule has 0 bridgehead atoms. The maximum atomic E-state index is 12.7. The second kappa shape index (κ2) is 9.98. The first-order valence-corrected chi connectivity index (χ1v) is 10.5. The van der Waals surface area contributed by atoms with E-state index in [0.29, 0.717) is 22.9 Å². The van der Waals surface area contributed by atoms with Crippen LogP contribution in [0.25, 0.3) is 11.5 Å². The number of benzene rings is 3. The molecule has 7 nitrogen and oxygen atoms in total. The second-order valence-corrected chi connectivity index (χ2v) is 7.23. The minimum atomic E-state index is -0.650. The molecule has 3 aromatic carbocycles. The zero-order valence-corrected chi connectivity index (χ0v) is 18.0. The summed E-state index contributed by atoms with van der Waals surface area (Å²) in [5.74, 6) is 1.26. The fraction of sp³-hybridized carbons (Fsp3) is 0.125. The van der Waals surface area contributed by atoms with Crippen molar-refractivity contribution in [3.63, 3.8) is 0 Å². The van der Waals surface area contributed by atoms with Gasteiger partial charge in [-0.2, -0.15) is 0 Å². The molecule has 0 fully saturated rings. The van der Waals surface area contributed by atoms with E-state index in [0.717, 1.165) is 11.3 Å². The molecule has 0 aliphatic rings. The van der Waals surface area contributed by atoms with Crippen molar-refractivity contribution in [1.82, 2.24) is 15.5 Å². The van der Waals surface area contributed by atoms with Crippen LogP contribution in [0.1, 0.15) is 24.4 Å². The van der Waals surface area contributed by atoms with E-state index >= 15 is 0 Å². The molecule has 2 amide bonds. The van der Waals surface area contributed by atoms with Gasteiger partial charge in [0, 0.05) is 5.69 Å². The molecular formula is C24H21ClN4O3. The minimum Gasteiger partial charge on any atom is -0.494 e. The van der Waals surface area contributed by atoms with Crippen LogP contribution in [0.2, 0.25) is 5.02 Å². The molecule has 2 N–H and O–H groups in total. The van der Waals surface area contributed by atoms with Gasteiger partial charge in [0.25, 0.3) is 0 Å². The van der Waals surface area contributed by atoms with E-state index in [1.54, 1.807) is 36.4 Å². The first-order chi connectivity index (χ1) is 15.6. The second-order valence-electron chi connectivity index (χ2n) is 6.82. The fourth-order valence-electron chi connectivity index (χ4n) is 3.13. The van der Waals surface area contributed by atoms with Crippen molar-refractivity contribution in [2.24, 2.45) is 0 Å². The van der Waals surface area contributed by atoms with Crippen LogP contribution in [-0.2, 0) is 0 Å². The number of nitrogens with one attached hydrogen (secondary N) is 2. The zero-order valence-electron chi connectivity index (χ0n) is 17.3. The van der Waals surface area contributed by atoms with Crippen molar-refractivity contribution in [1.29, 1.82) is 0 Å². The number of urea groups is 1. The quantitative estimate of drug-likeness (QED) is 0.378. The van der Waals surface area contributed by atoms with Gasteiger partial charge in [-0.3, -0.25) is 0 Å². The smallest absolute Gasteiger partial charge is 0.320 e. The summed E-state index contributed by atoms with van der Waals surface area (Å²) in [5, 5.41) is 14.5. The van der Waals surface area contributed by atoms with Crippen LogP contribution in [0.3, 0.4) is 0 Å². The van der Waals surface area contributed by atoms with Crippen molar-refractivity contribution in [3.05, 3.63) is 95.3 Å². The van der Waals surface area contributed by atoms with Crippen LogP contribution in [0, 0.1) is 0 Å². The highest BCUT2D eigenvalue weighted by Crippen LogP contribution is 2.29. The highest BCUT2D eigenvalue weighted by atomic mass is 35.5. The van der Waals surface area contributed by atoms with Crippen LogP contribution < -0.4 is 15.4 Å². The number of rotatable bonds is 7. The maximum absolute atomic E-state index is 12.7. The van der Waals surface area contributed by atoms with E-state index < -0.39 is 12.1 Å². The molecule has 162 valence electrons. The normalized spacial score (nSPS) is 11.6. The predicted molar refractivity (Wildman–Crippen MR) is 123 cm³/mol. The van der Waals surface area contributed by atoms with Crippen LogP contribution in [0.4, 0.5) is 10.5 Å². The van der Waals surface area contributed by atoms with Gasteiger partial charge in [0.15, 0.2) is 0 Å². The Bertz CT molecular complexity index is 1180. The Morgan fingerprint density at radius 1 is 1.00 bits per heavy atom. The Morgan fingerprint density at radius 3 is 2.44 bits per heavy atom. The van der Waals surface area contributed by atoms with Gasteiger partial charge in [-0.1, -0.05) is 54.1 Å². The summed E-state index contributed by atoms with van der Waals surface area (Å²) in [6.45, 7) is 2.49. The molecule has 0 radical (unpaired) electrons. The number of hydrogen-bond acceptors (Lipinski definition) is 5. The third kappa shape index (κ3) is 5.07. The molecule has 4 rings (SSSR count). The molecule has 0 aliphatic heterocycles. The van der Waals surface area contributed by atoms with E-state index in [1.807, 2.05) is 49.4 Å². The lowest BCUT2D eigenvalue weighted by Crippen LogP contribution is -2.33. The molecular weight excluding hydrogens is 428 g/mol. The SMILES string of the molecule is CCOc1ccc(NC(=O)NC(c2ccccc2)c2nnc(-c3ccccc3Cl)o2)cc1. The van der Waals surface area contributed by atoms with Gasteiger partial charge < -0.3 is 19.8 Å². The number of ether oxygens (including phenoxy) is 1. The number of halogens is 1. The molecule has 8 heteroatoms. The molecule has 0 aliphatic carbocycles. The van der Waals surface area contributed by atoms with Gasteiger partial charge >= 0.3 is 6.03 Å². The number of carbonyl (C=O) groups excluding carboxylic acids is 1. The van der Waals surface area contributed by atoms with Crippen molar-refractivity contribution in [3.8, 4) is 17.2 Å². The lowest BCUT2D eigenvalue weighted by atomic mass is 10.1. The van der Waals surface area contributed by atoms with E-state index in [2.05, 4.69) is 20.8 Å². The Balaban J connectivity index is 1.55. The number of nitrogens with zero attached hydrogens (tertiary/aromatic N) is 2. The minimum absolute atomic E-state index is 0.243. The summed E-state index contributed by atoms with van der Waals surface area (Å²) >= 11 is 6.25. The zero-order chi connectivity index (χ0) is 22.3. The number of carbonyl (C=O) groups is 1. The Morgan fingerprint density at radius 2 is 1.72 bits per heavy atom. The van der Waals surface area contributed by atoms with E-state index in [9.17, 15) is 4.79 Å². The lowest BCUT2D eigenvalue weighted by molar-refractivity contribution is 0.248. The number of anilines is 1. The number of amides is 2. The van der Waals surface area contributed by atoms with Crippen LogP contribution in [0.15, 0.2) is 83.3 Å². The molecule has 1 aromatic heterocycles. The third-order valence-electron chi connectivity index (χ3n) is 4.62. The van der Waals surface area contributed by atoms with E-state index in [-0.39, 0.29) is 11.8 Å². The van der Waals surface area contributed by atoms with Crippen LogP contribution in [-0.4, -0.2) is 22.8 Å². The highest BCUT2D eigenvalue weighted by Gasteiger charge is 2.24. The van der Waals surface area contributed by atoms with Gasteiger partial charge in [-0.15, -0.1) is 10.2 Å². The van der Waals surface area contributed by atoms with Crippen molar-refractivity contribution < 1.29 is 13.9 Å². The van der Waals surface area contributed by atoms with Crippen molar-refractivity contribution in [2.75, 3.05) is 11.9 Å². The summed E-state index contributed by atoms with van der Waals surface area (Å²) in [5.41, 5.74) is 2.04. The summed E-state index contributed by atoms with van der Waals surface area (Å²) in [7, 11) is 0. The highest BCUT2D eigenvalue weighted by molar-refractivity contribution is 6.33. The van der Waals surface area contributed by atoms with E-state index in [1.165, 1.54) is 0 Å². The van der Waals surface area contributed by atoms with Gasteiger partial charge in [0.1, 0.15) is 11.8 Å². The van der Waals surface area contributed by atoms with Gasteiger partial charge in [0.05, 0.1) is 17.2 Å². The monoisotopic (exact) mass is 448 g/mol. The largest absolute Gasteiger partial charge is 0.494 e. The summed E-state index contributed by atoms with van der Waals surface area (Å²) in [6.07, 6.45) is 0. The topological polar surface area (TPSA) is 89.3 Å². The van der Waals surface area contributed by atoms with E-state index in [4.69, 9.17) is 20.8 Å². The molecule has 0 saturated heterocycles. The van der Waals surface area contributed by atoms with Gasteiger partial charge in [0.2, 0.25) is 11.8 Å². The molecule has 0 saturated carbocycles. The predicted octanol–water partition coefficient (Wildman–Crippen LogP) is 5.70. The van der Waals surface area contributed by atoms with Crippen LogP contribution in [0.5, 0.6) is 5.75 Å². The number of hydrogen-bond donors (Lipinski definition) is 2. The summed E-state index contributed by atoms with van der Waals surface area (Å²) < 4.78 is 11.3.